The van der Waals surface area contributed by atoms with Gasteiger partial charge in [0.15, 0.2) is 5.78 Å². The number of Topliss-reactive ketones (excluding diaryl/α,β-unsaturated/α-hetero) is 1. The number of imide groups is 1. The summed E-state index contributed by atoms with van der Waals surface area (Å²) in [5.41, 5.74) is 2.33. The smallest absolute Gasteiger partial charge is 0.229 e. The Balaban J connectivity index is 1.04. The Hall–Kier alpha value is -2.38. The lowest BCUT2D eigenvalue weighted by Gasteiger charge is -2.31. The SMILES string of the molecule is CCC1CC2CC(OCc3ccc(CSc4cccc5c4CC(CCC4CCC(=O)NC4=O)CC5=O)o3)C1C2(C)C. The average molecular weight is 578 g/mol. The van der Waals surface area contributed by atoms with Crippen molar-refractivity contribution in [3.8, 4) is 0 Å². The molecule has 2 saturated carbocycles. The number of carbonyl (C=O) groups excluding carboxylic acids is 3. The van der Waals surface area contributed by atoms with Gasteiger partial charge in [-0.3, -0.25) is 19.7 Å². The Kier molecular flexibility index (Phi) is 8.21. The summed E-state index contributed by atoms with van der Waals surface area (Å²) < 4.78 is 12.6. The molecule has 6 atom stereocenters. The van der Waals surface area contributed by atoms with E-state index in [4.69, 9.17) is 9.15 Å². The maximum atomic E-state index is 13.0. The molecule has 1 aliphatic heterocycles. The van der Waals surface area contributed by atoms with Crippen molar-refractivity contribution < 1.29 is 23.5 Å². The van der Waals surface area contributed by atoms with Gasteiger partial charge in [-0.25, -0.2) is 0 Å². The van der Waals surface area contributed by atoms with Crippen molar-refractivity contribution in [3.05, 3.63) is 53.0 Å². The van der Waals surface area contributed by atoms with E-state index < -0.39 is 0 Å². The minimum absolute atomic E-state index is 0.130. The molecule has 6 unspecified atom stereocenters. The predicted octanol–water partition coefficient (Wildman–Crippen LogP) is 7.13. The fourth-order valence-corrected chi connectivity index (χ4v) is 9.37. The van der Waals surface area contributed by atoms with Gasteiger partial charge in [0.2, 0.25) is 11.8 Å². The molecule has 220 valence electrons. The molecular weight excluding hydrogens is 534 g/mol. The van der Waals surface area contributed by atoms with E-state index in [1.807, 2.05) is 18.2 Å². The number of ketones is 1. The van der Waals surface area contributed by atoms with E-state index >= 15 is 0 Å². The Morgan fingerprint density at radius 3 is 2.66 bits per heavy atom. The number of rotatable bonds is 10. The molecule has 0 spiro atoms. The molecule has 6 rings (SSSR count). The summed E-state index contributed by atoms with van der Waals surface area (Å²) in [5, 5.41) is 2.46. The van der Waals surface area contributed by atoms with Crippen molar-refractivity contribution in [2.45, 2.75) is 102 Å². The van der Waals surface area contributed by atoms with E-state index in [2.05, 4.69) is 38.2 Å². The van der Waals surface area contributed by atoms with Gasteiger partial charge in [0, 0.05) is 29.2 Å². The number of nitrogens with one attached hydrogen (secondary N) is 1. The first-order valence-electron chi connectivity index (χ1n) is 15.5. The largest absolute Gasteiger partial charge is 0.463 e. The lowest BCUT2D eigenvalue weighted by molar-refractivity contribution is -0.136. The summed E-state index contributed by atoms with van der Waals surface area (Å²) in [6, 6.07) is 10.1. The van der Waals surface area contributed by atoms with Crippen LogP contribution in [0.3, 0.4) is 0 Å². The number of piperidine rings is 1. The molecule has 2 amide bonds. The number of hydrogen-bond donors (Lipinski definition) is 1. The van der Waals surface area contributed by atoms with Crippen molar-refractivity contribution in [2.75, 3.05) is 0 Å². The monoisotopic (exact) mass is 577 g/mol. The van der Waals surface area contributed by atoms with Gasteiger partial charge in [-0.05, 0) is 91.4 Å². The Bertz CT molecular complexity index is 1310. The predicted molar refractivity (Wildman–Crippen MR) is 158 cm³/mol. The van der Waals surface area contributed by atoms with Crippen molar-refractivity contribution >= 4 is 29.4 Å². The summed E-state index contributed by atoms with van der Waals surface area (Å²) >= 11 is 1.72. The third kappa shape index (κ3) is 5.81. The highest BCUT2D eigenvalue weighted by Gasteiger charge is 2.57. The van der Waals surface area contributed by atoms with E-state index in [1.165, 1.54) is 19.3 Å². The van der Waals surface area contributed by atoms with Gasteiger partial charge in [0.1, 0.15) is 18.1 Å². The van der Waals surface area contributed by atoms with Crippen LogP contribution >= 0.6 is 11.8 Å². The lowest BCUT2D eigenvalue weighted by Crippen LogP contribution is -2.40. The zero-order valence-corrected chi connectivity index (χ0v) is 25.4. The minimum Gasteiger partial charge on any atom is -0.463 e. The van der Waals surface area contributed by atoms with Crippen molar-refractivity contribution in [1.82, 2.24) is 5.32 Å². The highest BCUT2D eigenvalue weighted by molar-refractivity contribution is 7.98. The summed E-state index contributed by atoms with van der Waals surface area (Å²) in [6.07, 6.45) is 8.00. The van der Waals surface area contributed by atoms with Crippen molar-refractivity contribution in [2.24, 2.45) is 35.0 Å². The number of furan rings is 1. The molecule has 6 nitrogen and oxygen atoms in total. The van der Waals surface area contributed by atoms with Crippen LogP contribution in [0.4, 0.5) is 0 Å². The first kappa shape index (κ1) is 28.7. The maximum absolute atomic E-state index is 13.0. The van der Waals surface area contributed by atoms with E-state index in [0.717, 1.165) is 58.6 Å². The van der Waals surface area contributed by atoms with E-state index in [-0.39, 0.29) is 29.4 Å². The standard InChI is InChI=1S/C34H43NO5S/c1-4-21-16-23-17-29(32(21)34(23,2)3)39-18-24-11-12-25(40-24)19-41-30-7-5-6-26-27(30)14-20(15-28(26)36)8-9-22-10-13-31(37)35-33(22)38/h5-7,11-12,20-23,29,32H,4,8-10,13-19H2,1-3H3,(H,35,37,38). The number of hydrogen-bond acceptors (Lipinski definition) is 6. The summed E-state index contributed by atoms with van der Waals surface area (Å²) in [6.45, 7) is 7.70. The third-order valence-corrected chi connectivity index (χ3v) is 11.8. The summed E-state index contributed by atoms with van der Waals surface area (Å²) in [4.78, 5) is 37.8. The molecular formula is C34H43NO5S. The topological polar surface area (TPSA) is 85.6 Å². The molecule has 41 heavy (non-hydrogen) atoms. The molecule has 1 saturated heterocycles. The molecule has 2 aromatic rings. The van der Waals surface area contributed by atoms with Crippen LogP contribution in [0.25, 0.3) is 0 Å². The maximum Gasteiger partial charge on any atom is 0.229 e. The third-order valence-electron chi connectivity index (χ3n) is 10.7. The average Bonchev–Trinajstić information content (AvgIpc) is 3.58. The molecule has 3 aliphatic carbocycles. The second-order valence-electron chi connectivity index (χ2n) is 13.4. The van der Waals surface area contributed by atoms with Crippen molar-refractivity contribution in [1.29, 1.82) is 0 Å². The van der Waals surface area contributed by atoms with Crippen LogP contribution in [-0.2, 0) is 33.1 Å². The van der Waals surface area contributed by atoms with Gasteiger partial charge in [-0.1, -0.05) is 39.3 Å². The van der Waals surface area contributed by atoms with Gasteiger partial charge in [0.05, 0.1) is 11.9 Å². The summed E-state index contributed by atoms with van der Waals surface area (Å²) in [7, 11) is 0. The van der Waals surface area contributed by atoms with Crippen LogP contribution in [0.15, 0.2) is 39.6 Å². The highest BCUT2D eigenvalue weighted by atomic mass is 32.2. The zero-order valence-electron chi connectivity index (χ0n) is 24.6. The second kappa shape index (κ2) is 11.7. The van der Waals surface area contributed by atoms with Gasteiger partial charge < -0.3 is 9.15 Å². The quantitative estimate of drug-likeness (QED) is 0.239. The molecule has 2 bridgehead atoms. The van der Waals surface area contributed by atoms with Crippen LogP contribution in [0.1, 0.15) is 99.6 Å². The number of fused-ring (bicyclic) bond motifs is 3. The number of carbonyl (C=O) groups is 3. The molecule has 2 heterocycles. The van der Waals surface area contributed by atoms with Crippen LogP contribution in [-0.4, -0.2) is 23.7 Å². The van der Waals surface area contributed by atoms with E-state index in [0.29, 0.717) is 49.1 Å². The van der Waals surface area contributed by atoms with E-state index in [1.54, 1.807) is 11.8 Å². The number of thioether (sulfide) groups is 1. The molecule has 7 heteroatoms. The molecule has 3 fully saturated rings. The molecule has 0 radical (unpaired) electrons. The Labute approximate surface area is 247 Å². The number of ether oxygens (including phenoxy) is 1. The van der Waals surface area contributed by atoms with Gasteiger partial charge in [-0.2, -0.15) is 0 Å². The normalized spacial score (nSPS) is 30.5. The first-order valence-corrected chi connectivity index (χ1v) is 16.5. The summed E-state index contributed by atoms with van der Waals surface area (Å²) in [5.74, 6) is 4.63. The van der Waals surface area contributed by atoms with Crippen LogP contribution in [0.5, 0.6) is 0 Å². The van der Waals surface area contributed by atoms with Crippen LogP contribution in [0.2, 0.25) is 0 Å². The number of benzene rings is 1. The Morgan fingerprint density at radius 1 is 1.05 bits per heavy atom. The number of amides is 2. The lowest BCUT2D eigenvalue weighted by atomic mass is 9.78. The Morgan fingerprint density at radius 2 is 1.88 bits per heavy atom. The minimum atomic E-state index is -0.180. The zero-order chi connectivity index (χ0) is 28.7. The van der Waals surface area contributed by atoms with Crippen LogP contribution < -0.4 is 5.32 Å². The van der Waals surface area contributed by atoms with Crippen molar-refractivity contribution in [3.63, 3.8) is 0 Å². The molecule has 1 N–H and O–H groups in total. The first-order chi connectivity index (χ1) is 19.7. The second-order valence-corrected chi connectivity index (χ2v) is 14.4. The molecule has 1 aromatic carbocycles. The fraction of sp³-hybridized carbons (Fsp3) is 0.618. The van der Waals surface area contributed by atoms with Crippen LogP contribution in [0, 0.1) is 35.0 Å². The van der Waals surface area contributed by atoms with Gasteiger partial charge in [0.25, 0.3) is 0 Å². The van der Waals surface area contributed by atoms with E-state index in [9.17, 15) is 14.4 Å². The molecule has 1 aromatic heterocycles. The highest BCUT2D eigenvalue weighted by Crippen LogP contribution is 2.61. The fourth-order valence-electron chi connectivity index (χ4n) is 8.37. The van der Waals surface area contributed by atoms with Gasteiger partial charge in [-0.15, -0.1) is 11.8 Å². The molecule has 4 aliphatic rings. The van der Waals surface area contributed by atoms with Gasteiger partial charge >= 0.3 is 0 Å².